The van der Waals surface area contributed by atoms with Crippen LogP contribution in [-0.4, -0.2) is 62.6 Å². The van der Waals surface area contributed by atoms with Crippen molar-refractivity contribution in [3.63, 3.8) is 0 Å². The average molecular weight is 496 g/mol. The maximum Gasteiger partial charge on any atom is 0.387 e. The Kier molecular flexibility index (Phi) is 10.9. The molecule has 0 amide bonds. The van der Waals surface area contributed by atoms with Gasteiger partial charge < -0.3 is 19.9 Å². The molecule has 0 spiro atoms. The van der Waals surface area contributed by atoms with E-state index < -0.39 is 6.61 Å². The van der Waals surface area contributed by atoms with Crippen molar-refractivity contribution in [2.45, 2.75) is 32.9 Å². The zero-order valence-electron chi connectivity index (χ0n) is 16.3. The molecule has 0 radical (unpaired) electrons. The van der Waals surface area contributed by atoms with Gasteiger partial charge >= 0.3 is 6.61 Å². The first-order valence-corrected chi connectivity index (χ1v) is 9.19. The lowest BCUT2D eigenvalue weighted by Crippen LogP contribution is -2.41. The zero-order chi connectivity index (χ0) is 18.9. The van der Waals surface area contributed by atoms with Crippen LogP contribution in [0.15, 0.2) is 29.3 Å². The predicted molar refractivity (Wildman–Crippen MR) is 116 cm³/mol. The molecule has 0 aromatic heterocycles. The van der Waals surface area contributed by atoms with E-state index in [9.17, 15) is 8.78 Å². The molecule has 1 N–H and O–H groups in total. The number of nitrogens with one attached hydrogen (secondary N) is 1. The molecule has 0 saturated carbocycles. The molecule has 8 heteroatoms. The fraction of sp³-hybridized carbons (Fsp3) is 0.632. The first-order chi connectivity index (χ1) is 12.5. The molecular formula is C19H31F2IN4O. The summed E-state index contributed by atoms with van der Waals surface area (Å²) in [5, 5.41) is 3.46. The summed E-state index contributed by atoms with van der Waals surface area (Å²) >= 11 is 0. The summed E-state index contributed by atoms with van der Waals surface area (Å²) in [7, 11) is 3.74. The van der Waals surface area contributed by atoms with Crippen molar-refractivity contribution in [1.29, 1.82) is 0 Å². The Labute approximate surface area is 178 Å². The van der Waals surface area contributed by atoms with Crippen LogP contribution in [0.25, 0.3) is 0 Å². The lowest BCUT2D eigenvalue weighted by molar-refractivity contribution is -0.0498. The first kappa shape index (κ1) is 23.9. The third kappa shape index (κ3) is 8.16. The third-order valence-corrected chi connectivity index (χ3v) is 4.60. The van der Waals surface area contributed by atoms with Gasteiger partial charge in [-0.25, -0.2) is 0 Å². The Balaban J connectivity index is 0.00000364. The molecule has 1 unspecified atom stereocenters. The van der Waals surface area contributed by atoms with Crippen LogP contribution >= 0.6 is 24.0 Å². The van der Waals surface area contributed by atoms with E-state index in [1.54, 1.807) is 31.3 Å². The van der Waals surface area contributed by atoms with Crippen LogP contribution in [-0.2, 0) is 6.54 Å². The SMILES string of the molecule is CCCN1CCC(CNC(=NC)N(C)Cc2ccc(OC(F)F)cc2)C1.I. The summed E-state index contributed by atoms with van der Waals surface area (Å²) in [6, 6.07) is 6.71. The summed E-state index contributed by atoms with van der Waals surface area (Å²) in [4.78, 5) is 8.90. The second kappa shape index (κ2) is 12.3. The number of rotatable bonds is 8. The Bertz CT molecular complexity index is 571. The monoisotopic (exact) mass is 496 g/mol. The molecule has 5 nitrogen and oxygen atoms in total. The quantitative estimate of drug-likeness (QED) is 0.339. The standard InChI is InChI=1S/C19H30F2N4O.HI/c1-4-10-25-11-9-16(14-25)12-23-19(22-2)24(3)13-15-5-7-17(8-6-15)26-18(20)21;/h5-8,16,18H,4,9-14H2,1-3H3,(H,22,23);1H. The van der Waals surface area contributed by atoms with Crippen LogP contribution in [0.3, 0.4) is 0 Å². The zero-order valence-corrected chi connectivity index (χ0v) is 18.7. The van der Waals surface area contributed by atoms with Crippen molar-refractivity contribution in [3.8, 4) is 5.75 Å². The van der Waals surface area contributed by atoms with Gasteiger partial charge in [0.2, 0.25) is 0 Å². The summed E-state index contributed by atoms with van der Waals surface area (Å²) < 4.78 is 28.8. The number of benzene rings is 1. The van der Waals surface area contributed by atoms with Crippen molar-refractivity contribution >= 4 is 29.9 Å². The van der Waals surface area contributed by atoms with Crippen LogP contribution in [0.1, 0.15) is 25.3 Å². The molecule has 2 rings (SSSR count). The number of hydrogen-bond acceptors (Lipinski definition) is 3. The molecule has 154 valence electrons. The van der Waals surface area contributed by atoms with Crippen LogP contribution in [0.5, 0.6) is 5.75 Å². The smallest absolute Gasteiger partial charge is 0.387 e. The van der Waals surface area contributed by atoms with E-state index in [1.165, 1.54) is 25.9 Å². The average Bonchev–Trinajstić information content (AvgIpc) is 3.04. The van der Waals surface area contributed by atoms with Gasteiger partial charge in [-0.15, -0.1) is 24.0 Å². The lowest BCUT2D eigenvalue weighted by Gasteiger charge is -2.24. The molecule has 1 atom stereocenters. The molecule has 0 aliphatic carbocycles. The summed E-state index contributed by atoms with van der Waals surface area (Å²) in [5.41, 5.74) is 1.01. The van der Waals surface area contributed by atoms with Crippen molar-refractivity contribution in [2.75, 3.05) is 40.3 Å². The highest BCUT2D eigenvalue weighted by Crippen LogP contribution is 2.17. The van der Waals surface area contributed by atoms with Gasteiger partial charge in [0.25, 0.3) is 0 Å². The number of halogens is 3. The highest BCUT2D eigenvalue weighted by molar-refractivity contribution is 14.0. The minimum atomic E-state index is -2.80. The van der Waals surface area contributed by atoms with Gasteiger partial charge in [-0.05, 0) is 49.5 Å². The molecule has 1 aromatic carbocycles. The Morgan fingerprint density at radius 2 is 2.07 bits per heavy atom. The molecule has 27 heavy (non-hydrogen) atoms. The molecule has 1 aliphatic rings. The van der Waals surface area contributed by atoms with Crippen LogP contribution in [0, 0.1) is 5.92 Å². The van der Waals surface area contributed by atoms with E-state index in [4.69, 9.17) is 0 Å². The van der Waals surface area contributed by atoms with E-state index in [-0.39, 0.29) is 29.7 Å². The highest BCUT2D eigenvalue weighted by Gasteiger charge is 2.22. The number of likely N-dealkylation sites (tertiary alicyclic amines) is 1. The van der Waals surface area contributed by atoms with Crippen molar-refractivity contribution < 1.29 is 13.5 Å². The van der Waals surface area contributed by atoms with Gasteiger partial charge in [0.1, 0.15) is 5.75 Å². The minimum absolute atomic E-state index is 0. The molecule has 1 aliphatic heterocycles. The predicted octanol–water partition coefficient (Wildman–Crippen LogP) is 3.65. The van der Waals surface area contributed by atoms with Gasteiger partial charge in [0.05, 0.1) is 0 Å². The van der Waals surface area contributed by atoms with E-state index in [0.29, 0.717) is 12.5 Å². The van der Waals surface area contributed by atoms with E-state index in [2.05, 4.69) is 26.9 Å². The van der Waals surface area contributed by atoms with Gasteiger partial charge in [-0.3, -0.25) is 4.99 Å². The Morgan fingerprint density at radius 1 is 1.37 bits per heavy atom. The van der Waals surface area contributed by atoms with Gasteiger partial charge in [0, 0.05) is 33.7 Å². The second-order valence-electron chi connectivity index (χ2n) is 6.76. The molecule has 1 aromatic rings. The Morgan fingerprint density at radius 3 is 2.67 bits per heavy atom. The molecule has 1 fully saturated rings. The first-order valence-electron chi connectivity index (χ1n) is 9.19. The minimum Gasteiger partial charge on any atom is -0.435 e. The number of alkyl halides is 2. The van der Waals surface area contributed by atoms with Crippen LogP contribution in [0.2, 0.25) is 0 Å². The number of hydrogen-bond donors (Lipinski definition) is 1. The summed E-state index contributed by atoms with van der Waals surface area (Å²) in [6.45, 7) is 4.48. The maximum atomic E-state index is 12.2. The number of ether oxygens (including phenoxy) is 1. The van der Waals surface area contributed by atoms with E-state index in [0.717, 1.165) is 24.6 Å². The normalized spacial score (nSPS) is 17.7. The summed E-state index contributed by atoms with van der Waals surface area (Å²) in [5.74, 6) is 1.66. The number of guanidine groups is 1. The van der Waals surface area contributed by atoms with E-state index >= 15 is 0 Å². The number of nitrogens with zero attached hydrogens (tertiary/aromatic N) is 3. The van der Waals surface area contributed by atoms with Gasteiger partial charge in [-0.1, -0.05) is 19.1 Å². The van der Waals surface area contributed by atoms with Crippen LogP contribution in [0.4, 0.5) is 8.78 Å². The molecule has 0 bridgehead atoms. The Hall–Kier alpha value is -1.16. The highest BCUT2D eigenvalue weighted by atomic mass is 127. The molecule has 1 saturated heterocycles. The molecular weight excluding hydrogens is 465 g/mol. The second-order valence-corrected chi connectivity index (χ2v) is 6.76. The third-order valence-electron chi connectivity index (χ3n) is 4.60. The number of aliphatic imine (C=N–C) groups is 1. The topological polar surface area (TPSA) is 40.1 Å². The van der Waals surface area contributed by atoms with Gasteiger partial charge in [0.15, 0.2) is 5.96 Å². The summed E-state index contributed by atoms with van der Waals surface area (Å²) in [6.07, 6.45) is 2.42. The van der Waals surface area contributed by atoms with Crippen molar-refractivity contribution in [3.05, 3.63) is 29.8 Å². The largest absolute Gasteiger partial charge is 0.435 e. The fourth-order valence-corrected chi connectivity index (χ4v) is 3.34. The maximum absolute atomic E-state index is 12.2. The molecule has 1 heterocycles. The van der Waals surface area contributed by atoms with Crippen LogP contribution < -0.4 is 10.1 Å². The van der Waals surface area contributed by atoms with E-state index in [1.807, 2.05) is 11.9 Å². The lowest BCUT2D eigenvalue weighted by atomic mass is 10.1. The van der Waals surface area contributed by atoms with Crippen molar-refractivity contribution in [1.82, 2.24) is 15.1 Å². The fourth-order valence-electron chi connectivity index (χ4n) is 3.34. The van der Waals surface area contributed by atoms with Crippen molar-refractivity contribution in [2.24, 2.45) is 10.9 Å². The van der Waals surface area contributed by atoms with Gasteiger partial charge in [-0.2, -0.15) is 8.78 Å².